The lowest BCUT2D eigenvalue weighted by atomic mass is 10.0. The van der Waals surface area contributed by atoms with E-state index in [1.54, 1.807) is 12.1 Å². The summed E-state index contributed by atoms with van der Waals surface area (Å²) in [5, 5.41) is 20.3. The first kappa shape index (κ1) is 14.5. The van der Waals surface area contributed by atoms with E-state index in [0.717, 1.165) is 0 Å². The zero-order valence-corrected chi connectivity index (χ0v) is 11.0. The molecule has 0 radical (unpaired) electrons. The van der Waals surface area contributed by atoms with Gasteiger partial charge in [-0.15, -0.1) is 0 Å². The summed E-state index contributed by atoms with van der Waals surface area (Å²) in [5.41, 5.74) is 0.676. The smallest absolute Gasteiger partial charge is 0.182 e. The molecule has 0 spiro atoms. The highest BCUT2D eigenvalue weighted by molar-refractivity contribution is 7.80. The number of thiocarbonyl (C=S) groups is 1. The fraction of sp³-hybridized carbons (Fsp3) is 0.154. The van der Waals surface area contributed by atoms with Gasteiger partial charge in [0.15, 0.2) is 11.7 Å². The molecule has 1 N–H and O–H groups in total. The average Bonchev–Trinajstić information content (AvgIpc) is 2.40. The number of hydrogen-bond donors (Lipinski definition) is 1. The third-order valence-corrected chi connectivity index (χ3v) is 2.56. The van der Waals surface area contributed by atoms with Crippen molar-refractivity contribution < 1.29 is 4.79 Å². The van der Waals surface area contributed by atoms with Crippen LogP contribution in [0.1, 0.15) is 12.5 Å². The molecule has 1 aromatic rings. The minimum Gasteiger partial charge on any atom is -0.333 e. The third-order valence-electron chi connectivity index (χ3n) is 2.22. The maximum absolute atomic E-state index is 11.7. The summed E-state index contributed by atoms with van der Waals surface area (Å²) in [6.07, 6.45) is 1.37. The molecule has 5 nitrogen and oxygen atoms in total. The molecule has 94 valence electrons. The molecule has 0 bridgehead atoms. The zero-order valence-electron chi connectivity index (χ0n) is 10.2. The summed E-state index contributed by atoms with van der Waals surface area (Å²) >= 11 is 5.01. The van der Waals surface area contributed by atoms with Crippen LogP contribution in [0.2, 0.25) is 0 Å². The lowest BCUT2D eigenvalue weighted by molar-refractivity contribution is -0.116. The van der Waals surface area contributed by atoms with Crippen molar-refractivity contribution in [1.29, 1.82) is 10.5 Å². The van der Waals surface area contributed by atoms with Gasteiger partial charge in [0, 0.05) is 6.20 Å². The largest absolute Gasteiger partial charge is 0.333 e. The van der Waals surface area contributed by atoms with Crippen molar-refractivity contribution in [1.82, 2.24) is 4.98 Å². The van der Waals surface area contributed by atoms with Crippen molar-refractivity contribution in [2.45, 2.75) is 6.92 Å². The molecule has 0 saturated carbocycles. The van der Waals surface area contributed by atoms with Crippen molar-refractivity contribution in [2.75, 3.05) is 5.32 Å². The van der Waals surface area contributed by atoms with E-state index in [2.05, 4.69) is 16.9 Å². The highest BCUT2D eigenvalue weighted by atomic mass is 32.1. The third kappa shape index (κ3) is 3.70. The number of carbonyl (C=O) groups is 1. The fourth-order valence-corrected chi connectivity index (χ4v) is 1.48. The van der Waals surface area contributed by atoms with Crippen molar-refractivity contribution in [3.8, 4) is 12.1 Å². The summed E-state index contributed by atoms with van der Waals surface area (Å²) < 4.78 is 0. The molecule has 19 heavy (non-hydrogen) atoms. The zero-order chi connectivity index (χ0) is 14.4. The summed E-state index contributed by atoms with van der Waals surface area (Å²) in [6, 6.07) is 6.87. The number of rotatable bonds is 4. The Morgan fingerprint density at radius 2 is 2.21 bits per heavy atom. The molecule has 6 heteroatoms. The molecule has 0 aliphatic heterocycles. The molecule has 1 rings (SSSR count). The van der Waals surface area contributed by atoms with Crippen LogP contribution in [-0.2, 0) is 4.79 Å². The molecule has 0 fully saturated rings. The first-order valence-electron chi connectivity index (χ1n) is 5.26. The van der Waals surface area contributed by atoms with E-state index < -0.39 is 11.7 Å². The van der Waals surface area contributed by atoms with E-state index >= 15 is 0 Å². The van der Waals surface area contributed by atoms with Crippen LogP contribution in [0, 0.1) is 28.6 Å². The Kier molecular flexibility index (Phi) is 4.87. The Morgan fingerprint density at radius 3 is 2.63 bits per heavy atom. The number of Topliss-reactive ketones (excluding diaryl/α,β-unsaturated/α-hetero) is 1. The monoisotopic (exact) mass is 270 g/mol. The number of allylic oxidation sites excluding steroid dienone is 1. The van der Waals surface area contributed by atoms with Gasteiger partial charge in [-0.25, -0.2) is 4.98 Å². The topological polar surface area (TPSA) is 89.6 Å². The van der Waals surface area contributed by atoms with Gasteiger partial charge >= 0.3 is 0 Å². The Labute approximate surface area is 116 Å². The van der Waals surface area contributed by atoms with Crippen LogP contribution in [-0.4, -0.2) is 15.8 Å². The van der Waals surface area contributed by atoms with Crippen LogP contribution in [0.4, 0.5) is 5.82 Å². The molecule has 1 unspecified atom stereocenters. The van der Waals surface area contributed by atoms with E-state index in [-0.39, 0.29) is 10.6 Å². The first-order valence-corrected chi connectivity index (χ1v) is 5.66. The normalized spacial score (nSPS) is 10.7. The second kappa shape index (κ2) is 6.39. The molecule has 1 heterocycles. The van der Waals surface area contributed by atoms with Gasteiger partial charge in [0.2, 0.25) is 0 Å². The molecule has 1 atom stereocenters. The summed E-state index contributed by atoms with van der Waals surface area (Å²) in [6.45, 7) is 5.02. The van der Waals surface area contributed by atoms with E-state index in [1.807, 2.05) is 12.1 Å². The summed E-state index contributed by atoms with van der Waals surface area (Å²) in [7, 11) is 0. The maximum Gasteiger partial charge on any atom is 0.182 e. The summed E-state index contributed by atoms with van der Waals surface area (Å²) in [4.78, 5) is 15.7. The van der Waals surface area contributed by atoms with Crippen LogP contribution >= 0.6 is 12.2 Å². The highest BCUT2D eigenvalue weighted by Crippen LogP contribution is 2.11. The predicted molar refractivity (Wildman–Crippen MR) is 74.1 cm³/mol. The van der Waals surface area contributed by atoms with E-state index in [4.69, 9.17) is 22.7 Å². The van der Waals surface area contributed by atoms with Crippen molar-refractivity contribution in [2.24, 2.45) is 5.92 Å². The molecular weight excluding hydrogens is 260 g/mol. The van der Waals surface area contributed by atoms with Crippen LogP contribution < -0.4 is 5.32 Å². The quantitative estimate of drug-likeness (QED) is 0.664. The van der Waals surface area contributed by atoms with Crippen molar-refractivity contribution in [3.63, 3.8) is 0 Å². The van der Waals surface area contributed by atoms with Gasteiger partial charge in [-0.2, -0.15) is 10.5 Å². The lowest BCUT2D eigenvalue weighted by Gasteiger charge is -2.11. The minimum atomic E-state index is -1.08. The standard InChI is InChI=1S/C13H10N4OS/c1-8(2)12(18)10(6-15)13(19)17-11-4-3-9(5-14)7-16-11/h3-4,7,10H,1H2,2H3,(H,16,17,19). The SMILES string of the molecule is C=C(C)C(=O)C(C#N)C(=S)Nc1ccc(C#N)cn1. The van der Waals surface area contributed by atoms with Gasteiger partial charge in [-0.1, -0.05) is 18.8 Å². The number of nitrogens with one attached hydrogen (secondary N) is 1. The Morgan fingerprint density at radius 1 is 1.53 bits per heavy atom. The number of ketones is 1. The predicted octanol–water partition coefficient (Wildman–Crippen LogP) is 1.98. The van der Waals surface area contributed by atoms with Crippen molar-refractivity contribution in [3.05, 3.63) is 36.0 Å². The number of anilines is 1. The molecule has 0 aliphatic rings. The van der Waals surface area contributed by atoms with Crippen molar-refractivity contribution >= 4 is 28.8 Å². The number of nitrogens with zero attached hydrogens (tertiary/aromatic N) is 3. The van der Waals surface area contributed by atoms with E-state index in [9.17, 15) is 4.79 Å². The van der Waals surface area contributed by atoms with Gasteiger partial charge in [-0.3, -0.25) is 4.79 Å². The molecule has 1 aromatic heterocycles. The number of aromatic nitrogens is 1. The fourth-order valence-electron chi connectivity index (χ4n) is 1.22. The minimum absolute atomic E-state index is 0.0627. The van der Waals surface area contributed by atoms with Crippen LogP contribution in [0.3, 0.4) is 0 Å². The molecule has 0 saturated heterocycles. The second-order valence-corrected chi connectivity index (χ2v) is 4.18. The molecule has 0 amide bonds. The number of carbonyl (C=O) groups excluding carboxylic acids is 1. The van der Waals surface area contributed by atoms with Crippen LogP contribution in [0.5, 0.6) is 0 Å². The molecular formula is C13H10N4OS. The van der Waals surface area contributed by atoms with E-state index in [1.165, 1.54) is 13.1 Å². The molecule has 0 aliphatic carbocycles. The summed E-state index contributed by atoms with van der Waals surface area (Å²) in [5.74, 6) is -1.13. The second-order valence-electron chi connectivity index (χ2n) is 3.74. The number of hydrogen-bond acceptors (Lipinski definition) is 5. The highest BCUT2D eigenvalue weighted by Gasteiger charge is 2.23. The Balaban J connectivity index is 2.83. The van der Waals surface area contributed by atoms with Gasteiger partial charge in [-0.05, 0) is 24.6 Å². The molecule has 0 aromatic carbocycles. The van der Waals surface area contributed by atoms with Gasteiger partial charge in [0.25, 0.3) is 0 Å². The lowest BCUT2D eigenvalue weighted by Crippen LogP contribution is -2.27. The van der Waals surface area contributed by atoms with E-state index in [0.29, 0.717) is 11.4 Å². The van der Waals surface area contributed by atoms with Gasteiger partial charge < -0.3 is 5.32 Å². The Hall–Kier alpha value is -2.57. The number of nitriles is 2. The average molecular weight is 270 g/mol. The Bertz CT molecular complexity index is 607. The first-order chi connectivity index (χ1) is 8.99. The van der Waals surface area contributed by atoms with Gasteiger partial charge in [0.1, 0.15) is 16.9 Å². The number of pyridine rings is 1. The van der Waals surface area contributed by atoms with Crippen LogP contribution in [0.15, 0.2) is 30.5 Å². The van der Waals surface area contributed by atoms with Gasteiger partial charge in [0.05, 0.1) is 11.6 Å². The maximum atomic E-state index is 11.7. The van der Waals surface area contributed by atoms with Crippen LogP contribution in [0.25, 0.3) is 0 Å².